The van der Waals surface area contributed by atoms with E-state index in [0.717, 1.165) is 128 Å². The van der Waals surface area contributed by atoms with Crippen molar-refractivity contribution < 1.29 is 52.2 Å². The summed E-state index contributed by atoms with van der Waals surface area (Å²) >= 11 is 0. The fourth-order valence-electron chi connectivity index (χ4n) is 6.88. The predicted molar refractivity (Wildman–Crippen MR) is 325 cm³/mol. The fraction of sp³-hybridized carbons (Fsp3) is 0.530. The number of ether oxygens (including phenoxy) is 3. The van der Waals surface area contributed by atoms with Gasteiger partial charge in [-0.15, -0.1) is 0 Å². The van der Waals surface area contributed by atoms with Crippen LogP contribution in [0, 0.1) is 0 Å². The van der Waals surface area contributed by atoms with Gasteiger partial charge in [-0.3, -0.25) is 23.4 Å². The van der Waals surface area contributed by atoms with Crippen molar-refractivity contribution >= 4 is 25.7 Å². The molecule has 12 heteroatoms. The minimum absolute atomic E-state index is 0.0703. The van der Waals surface area contributed by atoms with Gasteiger partial charge in [-0.25, -0.2) is 4.57 Å². The third-order valence-corrected chi connectivity index (χ3v) is 12.1. The van der Waals surface area contributed by atoms with E-state index in [1.807, 2.05) is 30.4 Å². The van der Waals surface area contributed by atoms with Crippen molar-refractivity contribution in [2.45, 2.75) is 200 Å². The molecular formula is C66H101O11P. The Balaban J connectivity index is 4.96. The Morgan fingerprint density at radius 3 is 1.12 bits per heavy atom. The first-order chi connectivity index (χ1) is 38.2. The number of esters is 3. The maximum absolute atomic E-state index is 12.9. The van der Waals surface area contributed by atoms with E-state index < -0.39 is 64.4 Å². The van der Waals surface area contributed by atoms with Gasteiger partial charge < -0.3 is 24.2 Å². The van der Waals surface area contributed by atoms with E-state index in [0.29, 0.717) is 19.3 Å². The third-order valence-electron chi connectivity index (χ3n) is 11.2. The van der Waals surface area contributed by atoms with Gasteiger partial charge in [-0.1, -0.05) is 223 Å². The lowest BCUT2D eigenvalue weighted by Gasteiger charge is -2.21. The van der Waals surface area contributed by atoms with Crippen LogP contribution in [0.5, 0.6) is 0 Å². The van der Waals surface area contributed by atoms with Crippen molar-refractivity contribution in [1.82, 2.24) is 0 Å². The number of allylic oxidation sites excluding steroid dienone is 27. The summed E-state index contributed by atoms with van der Waals surface area (Å²) in [6.45, 7) is 4.07. The highest BCUT2D eigenvalue weighted by atomic mass is 31.2. The molecule has 2 N–H and O–H groups in total. The molecule has 0 radical (unpaired) electrons. The monoisotopic (exact) mass is 1100 g/mol. The van der Waals surface area contributed by atoms with Gasteiger partial charge >= 0.3 is 25.7 Å². The van der Waals surface area contributed by atoms with Gasteiger partial charge in [0.1, 0.15) is 12.7 Å². The number of aliphatic hydroxyl groups is 1. The van der Waals surface area contributed by atoms with Crippen LogP contribution in [0.15, 0.2) is 170 Å². The Morgan fingerprint density at radius 2 is 0.705 bits per heavy atom. The van der Waals surface area contributed by atoms with Crippen LogP contribution in [0.3, 0.4) is 0 Å². The quantitative estimate of drug-likeness (QED) is 0.0197. The summed E-state index contributed by atoms with van der Waals surface area (Å²) in [5, 5.41) is 9.80. The van der Waals surface area contributed by atoms with E-state index >= 15 is 0 Å². The summed E-state index contributed by atoms with van der Waals surface area (Å²) < 4.78 is 39.3. The molecule has 0 aromatic heterocycles. The number of rotatable bonds is 51. The molecule has 3 atom stereocenters. The van der Waals surface area contributed by atoms with Gasteiger partial charge in [0.2, 0.25) is 0 Å². The van der Waals surface area contributed by atoms with Crippen LogP contribution in [0.2, 0.25) is 0 Å². The summed E-state index contributed by atoms with van der Waals surface area (Å²) in [6.07, 6.45) is 77.8. The van der Waals surface area contributed by atoms with Crippen LogP contribution in [0.4, 0.5) is 0 Å². The molecule has 0 spiro atoms. The number of unbranched alkanes of at least 4 members (excludes halogenated alkanes) is 7. The highest BCUT2D eigenvalue weighted by Crippen LogP contribution is 2.43. The van der Waals surface area contributed by atoms with E-state index in [9.17, 15) is 28.9 Å². The van der Waals surface area contributed by atoms with Gasteiger partial charge in [-0.2, -0.15) is 0 Å². The van der Waals surface area contributed by atoms with E-state index in [-0.39, 0.29) is 19.3 Å². The molecule has 0 aliphatic carbocycles. The zero-order valence-electron chi connectivity index (χ0n) is 48.0. The number of carbonyl (C=O) groups excluding carboxylic acids is 3. The van der Waals surface area contributed by atoms with Gasteiger partial charge in [0.15, 0.2) is 6.10 Å². The second-order valence-corrected chi connectivity index (χ2v) is 19.8. The number of aliphatic hydroxyl groups excluding tert-OH is 1. The first kappa shape index (κ1) is 72.8. The molecular weight excluding hydrogens is 1000 g/mol. The van der Waals surface area contributed by atoms with Crippen molar-refractivity contribution in [1.29, 1.82) is 0 Å². The van der Waals surface area contributed by atoms with E-state index in [4.69, 9.17) is 23.3 Å². The molecule has 0 bridgehead atoms. The Morgan fingerprint density at radius 1 is 0.372 bits per heavy atom. The van der Waals surface area contributed by atoms with Crippen LogP contribution < -0.4 is 0 Å². The van der Waals surface area contributed by atoms with Crippen LogP contribution in [-0.2, 0) is 42.2 Å². The largest absolute Gasteiger partial charge is 0.472 e. The molecule has 0 aliphatic heterocycles. The summed E-state index contributed by atoms with van der Waals surface area (Å²) in [6, 6.07) is 0. The minimum atomic E-state index is -4.81. The number of hydrogen-bond donors (Lipinski definition) is 2. The summed E-state index contributed by atoms with van der Waals surface area (Å²) in [5.74, 6) is -1.74. The Kier molecular flexibility index (Phi) is 54.2. The van der Waals surface area contributed by atoms with Crippen molar-refractivity contribution in [3.8, 4) is 0 Å². The van der Waals surface area contributed by atoms with Gasteiger partial charge in [0, 0.05) is 12.8 Å². The summed E-state index contributed by atoms with van der Waals surface area (Å²) in [4.78, 5) is 48.5. The van der Waals surface area contributed by atoms with Crippen molar-refractivity contribution in [3.63, 3.8) is 0 Å². The molecule has 436 valence electrons. The second-order valence-electron chi connectivity index (χ2n) is 18.3. The van der Waals surface area contributed by atoms with Crippen LogP contribution in [0.1, 0.15) is 188 Å². The Hall–Kier alpha value is -5.16. The fourth-order valence-corrected chi connectivity index (χ4v) is 7.67. The lowest BCUT2D eigenvalue weighted by Crippen LogP contribution is -2.30. The number of phosphoric ester groups is 1. The Labute approximate surface area is 472 Å². The molecule has 0 aliphatic rings. The average molecular weight is 1100 g/mol. The van der Waals surface area contributed by atoms with E-state index in [1.165, 1.54) is 0 Å². The maximum atomic E-state index is 12.9. The molecule has 0 rings (SSSR count). The predicted octanol–water partition coefficient (Wildman–Crippen LogP) is 17.5. The molecule has 0 heterocycles. The summed E-state index contributed by atoms with van der Waals surface area (Å²) in [5.41, 5.74) is 0. The molecule has 0 aromatic rings. The first-order valence-corrected chi connectivity index (χ1v) is 30.5. The highest BCUT2D eigenvalue weighted by Gasteiger charge is 2.28. The molecule has 78 heavy (non-hydrogen) atoms. The zero-order valence-corrected chi connectivity index (χ0v) is 48.9. The molecule has 0 fully saturated rings. The number of hydrogen-bond acceptors (Lipinski definition) is 10. The van der Waals surface area contributed by atoms with Gasteiger partial charge in [-0.05, 0) is 116 Å². The van der Waals surface area contributed by atoms with E-state index in [2.05, 4.69) is 154 Å². The van der Waals surface area contributed by atoms with Crippen molar-refractivity contribution in [2.75, 3.05) is 26.4 Å². The number of phosphoric acid groups is 1. The van der Waals surface area contributed by atoms with Crippen LogP contribution in [-0.4, -0.2) is 66.5 Å². The zero-order chi connectivity index (χ0) is 56.9. The molecule has 11 nitrogen and oxygen atoms in total. The normalized spacial score (nSPS) is 14.6. The molecule has 0 saturated carbocycles. The minimum Gasteiger partial charge on any atom is -0.462 e. The van der Waals surface area contributed by atoms with Crippen molar-refractivity contribution in [3.05, 3.63) is 170 Å². The SMILES string of the molecule is CC/C=C\C/C=C\C/C=C\C/C=C\C/C=C\C/C=C\CCC(=O)OCC(COP(=O)(O)OCC(CO)OC(=O)C/C=C\C/C=C\C/C=C\C/C=C\C/C=C\CC)OC(=O)CCCCCCCCC/C=C\C/C=C\C/C=C\CC. The van der Waals surface area contributed by atoms with E-state index in [1.54, 1.807) is 6.08 Å². The van der Waals surface area contributed by atoms with Crippen LogP contribution >= 0.6 is 7.82 Å². The van der Waals surface area contributed by atoms with Crippen LogP contribution in [0.25, 0.3) is 0 Å². The van der Waals surface area contributed by atoms with Crippen molar-refractivity contribution in [2.24, 2.45) is 0 Å². The smallest absolute Gasteiger partial charge is 0.462 e. The lowest BCUT2D eigenvalue weighted by molar-refractivity contribution is -0.161. The van der Waals surface area contributed by atoms with Gasteiger partial charge in [0.25, 0.3) is 0 Å². The standard InChI is InChI=1S/C66H101O11P/c1-4-7-10-13-16-19-22-25-28-30-31-33-35-37-40-43-46-49-52-55-64(68)73-59-63(77-66(70)57-54-51-48-45-42-39-36-32-29-26-23-20-17-14-11-8-5-2)61-75-78(71,72)74-60-62(58-67)76-65(69)56-53-50-47-44-41-38-34-27-24-21-18-15-12-9-6-3/h7-12,16-21,25-29,31,33-34,37,40-41,44,46,49-50,53,62-63,67H,4-6,13-15,22-24,30,32,35-36,38-39,42-43,45,47-48,51-52,54-61H2,1-3H3,(H,71,72)/b10-7-,11-8-,12-9-,19-16-,20-17-,21-18-,28-25-,29-26-,33-31-,34-27-,40-37-,44-41-,49-46-,53-50-. The molecule has 0 aromatic carbocycles. The Bertz CT molecular complexity index is 1960. The highest BCUT2D eigenvalue weighted by molar-refractivity contribution is 7.47. The molecule has 0 saturated heterocycles. The second kappa shape index (κ2) is 58.0. The third kappa shape index (κ3) is 55.6. The molecule has 3 unspecified atom stereocenters. The first-order valence-electron chi connectivity index (χ1n) is 29.0. The maximum Gasteiger partial charge on any atom is 0.472 e. The average Bonchev–Trinajstić information content (AvgIpc) is 3.43. The summed E-state index contributed by atoms with van der Waals surface area (Å²) in [7, 11) is -4.81. The topological polar surface area (TPSA) is 155 Å². The lowest BCUT2D eigenvalue weighted by atomic mass is 10.1. The molecule has 0 amide bonds. The number of carbonyl (C=O) groups is 3. The van der Waals surface area contributed by atoms with Gasteiger partial charge in [0.05, 0.1) is 26.2 Å².